The molecule has 0 aliphatic rings. The van der Waals surface area contributed by atoms with Gasteiger partial charge >= 0.3 is 6.16 Å². The van der Waals surface area contributed by atoms with Crippen LogP contribution >= 0.6 is 0 Å². The summed E-state index contributed by atoms with van der Waals surface area (Å²) in [5.41, 5.74) is 2.03. The number of hydrogen-bond acceptors (Lipinski definition) is 5. The topological polar surface area (TPSA) is 93.7 Å². The maximum Gasteiger partial charge on any atom is 0.513 e. The molecule has 0 fully saturated rings. The molecule has 2 N–H and O–H groups in total. The van der Waals surface area contributed by atoms with Gasteiger partial charge in [0.15, 0.2) is 0 Å². The third-order valence-corrected chi connectivity index (χ3v) is 4.26. The Bertz CT molecular complexity index is 1100. The Morgan fingerprint density at radius 2 is 1.53 bits per heavy atom. The van der Waals surface area contributed by atoms with Crippen LogP contribution in [0.5, 0.6) is 5.75 Å². The summed E-state index contributed by atoms with van der Waals surface area (Å²) in [7, 11) is 0. The zero-order valence-electron chi connectivity index (χ0n) is 17.3. The molecule has 0 spiro atoms. The lowest BCUT2D eigenvalue weighted by atomic mass is 10.1. The van der Waals surface area contributed by atoms with Gasteiger partial charge in [0.25, 0.3) is 5.91 Å². The largest absolute Gasteiger partial charge is 0.513 e. The molecule has 8 heteroatoms. The first kappa shape index (κ1) is 22.5. The van der Waals surface area contributed by atoms with Crippen molar-refractivity contribution in [2.75, 3.05) is 17.2 Å². The molecule has 0 unspecified atom stereocenters. The van der Waals surface area contributed by atoms with E-state index in [2.05, 4.69) is 10.6 Å². The second-order valence-corrected chi connectivity index (χ2v) is 6.70. The molecule has 3 rings (SSSR count). The summed E-state index contributed by atoms with van der Waals surface area (Å²) in [5, 5.41) is 5.49. The summed E-state index contributed by atoms with van der Waals surface area (Å²) in [6, 6.07) is 18.4. The Labute approximate surface area is 184 Å². The van der Waals surface area contributed by atoms with Gasteiger partial charge in [0.1, 0.15) is 11.6 Å². The standard InChI is InChI=1S/C24H21FN2O5/c1-2-31-24(30)32-21-12-8-17(9-13-21)23(29)27-20-5-3-4-19(15-20)26-22(28)14-16-6-10-18(25)11-7-16/h3-13,15H,2,14H2,1H3,(H,26,28)(H,27,29). The molecule has 164 valence electrons. The van der Waals surface area contributed by atoms with Crippen molar-refractivity contribution < 1.29 is 28.2 Å². The van der Waals surface area contributed by atoms with Crippen LogP contribution in [-0.4, -0.2) is 24.6 Å². The maximum atomic E-state index is 13.0. The monoisotopic (exact) mass is 436 g/mol. The molecule has 3 aromatic rings. The van der Waals surface area contributed by atoms with E-state index in [9.17, 15) is 18.8 Å². The van der Waals surface area contributed by atoms with E-state index in [0.29, 0.717) is 22.5 Å². The normalized spacial score (nSPS) is 10.2. The van der Waals surface area contributed by atoms with Crippen molar-refractivity contribution in [3.63, 3.8) is 0 Å². The lowest BCUT2D eigenvalue weighted by molar-refractivity contribution is -0.115. The third kappa shape index (κ3) is 6.66. The third-order valence-electron chi connectivity index (χ3n) is 4.26. The number of anilines is 2. The lowest BCUT2D eigenvalue weighted by Crippen LogP contribution is -2.15. The van der Waals surface area contributed by atoms with Crippen LogP contribution in [0.4, 0.5) is 20.6 Å². The van der Waals surface area contributed by atoms with Crippen molar-refractivity contribution in [2.45, 2.75) is 13.3 Å². The fourth-order valence-corrected chi connectivity index (χ4v) is 2.79. The predicted molar refractivity (Wildman–Crippen MR) is 117 cm³/mol. The number of carbonyl (C=O) groups is 3. The van der Waals surface area contributed by atoms with Crippen LogP contribution in [0.15, 0.2) is 72.8 Å². The minimum atomic E-state index is -0.817. The predicted octanol–water partition coefficient (Wildman–Crippen LogP) is 4.79. The van der Waals surface area contributed by atoms with Crippen molar-refractivity contribution in [1.82, 2.24) is 0 Å². The van der Waals surface area contributed by atoms with Crippen LogP contribution in [0.25, 0.3) is 0 Å². The van der Waals surface area contributed by atoms with E-state index in [-0.39, 0.29) is 36.4 Å². The Morgan fingerprint density at radius 1 is 0.875 bits per heavy atom. The van der Waals surface area contributed by atoms with Gasteiger partial charge in [0, 0.05) is 16.9 Å². The second-order valence-electron chi connectivity index (χ2n) is 6.70. The van der Waals surface area contributed by atoms with Crippen LogP contribution in [0.3, 0.4) is 0 Å². The summed E-state index contributed by atoms with van der Waals surface area (Å²) in [6.45, 7) is 1.87. The van der Waals surface area contributed by atoms with Gasteiger partial charge < -0.3 is 20.1 Å². The quantitative estimate of drug-likeness (QED) is 0.410. The molecular formula is C24H21FN2O5. The zero-order valence-corrected chi connectivity index (χ0v) is 17.3. The molecule has 0 aliphatic carbocycles. The molecule has 3 aromatic carbocycles. The first-order valence-electron chi connectivity index (χ1n) is 9.83. The van der Waals surface area contributed by atoms with Crippen LogP contribution in [0.1, 0.15) is 22.8 Å². The number of nitrogens with one attached hydrogen (secondary N) is 2. The van der Waals surface area contributed by atoms with Gasteiger partial charge in [-0.2, -0.15) is 0 Å². The fraction of sp³-hybridized carbons (Fsp3) is 0.125. The molecule has 0 aromatic heterocycles. The first-order chi connectivity index (χ1) is 15.4. The van der Waals surface area contributed by atoms with Crippen molar-refractivity contribution in [3.05, 3.63) is 89.7 Å². The van der Waals surface area contributed by atoms with Gasteiger partial charge in [0.05, 0.1) is 13.0 Å². The summed E-state index contributed by atoms with van der Waals surface area (Å²) in [4.78, 5) is 36.1. The van der Waals surface area contributed by atoms with Gasteiger partial charge in [-0.05, 0) is 67.1 Å². The van der Waals surface area contributed by atoms with E-state index in [1.807, 2.05) is 0 Å². The maximum absolute atomic E-state index is 13.0. The van der Waals surface area contributed by atoms with E-state index in [4.69, 9.17) is 9.47 Å². The Balaban J connectivity index is 1.57. The smallest absolute Gasteiger partial charge is 0.434 e. The molecule has 7 nitrogen and oxygen atoms in total. The van der Waals surface area contributed by atoms with E-state index >= 15 is 0 Å². The van der Waals surface area contributed by atoms with E-state index < -0.39 is 6.16 Å². The number of benzene rings is 3. The second kappa shape index (κ2) is 10.7. The molecular weight excluding hydrogens is 415 g/mol. The molecule has 2 amide bonds. The van der Waals surface area contributed by atoms with Crippen LogP contribution < -0.4 is 15.4 Å². The van der Waals surface area contributed by atoms with E-state index in [1.54, 1.807) is 43.3 Å². The molecule has 0 radical (unpaired) electrons. The van der Waals surface area contributed by atoms with Crippen LogP contribution in [-0.2, 0) is 16.0 Å². The Kier molecular flexibility index (Phi) is 7.53. The summed E-state index contributed by atoms with van der Waals surface area (Å²) in [5.74, 6) is -0.746. The fourth-order valence-electron chi connectivity index (χ4n) is 2.79. The Hall–Kier alpha value is -4.20. The number of ether oxygens (including phenoxy) is 2. The highest BCUT2D eigenvalue weighted by Gasteiger charge is 2.10. The van der Waals surface area contributed by atoms with Crippen molar-refractivity contribution in [2.24, 2.45) is 0 Å². The van der Waals surface area contributed by atoms with E-state index in [1.165, 1.54) is 36.4 Å². The molecule has 0 bridgehead atoms. The SMILES string of the molecule is CCOC(=O)Oc1ccc(C(=O)Nc2cccc(NC(=O)Cc3ccc(F)cc3)c2)cc1. The highest BCUT2D eigenvalue weighted by atomic mass is 19.1. The average Bonchev–Trinajstić information content (AvgIpc) is 2.76. The summed E-state index contributed by atoms with van der Waals surface area (Å²) < 4.78 is 22.6. The number of amides is 2. The highest BCUT2D eigenvalue weighted by Crippen LogP contribution is 2.18. The molecule has 0 atom stereocenters. The average molecular weight is 436 g/mol. The molecule has 0 aliphatic heterocycles. The van der Waals surface area contributed by atoms with Crippen LogP contribution in [0, 0.1) is 5.82 Å². The van der Waals surface area contributed by atoms with E-state index in [0.717, 1.165) is 0 Å². The number of carbonyl (C=O) groups excluding carboxylic acids is 3. The van der Waals surface area contributed by atoms with Crippen molar-refractivity contribution >= 4 is 29.3 Å². The van der Waals surface area contributed by atoms with Crippen molar-refractivity contribution in [1.29, 1.82) is 0 Å². The summed E-state index contributed by atoms with van der Waals surface area (Å²) >= 11 is 0. The molecule has 0 saturated heterocycles. The van der Waals surface area contributed by atoms with Gasteiger partial charge in [-0.1, -0.05) is 18.2 Å². The van der Waals surface area contributed by atoms with Gasteiger partial charge in [-0.15, -0.1) is 0 Å². The highest BCUT2D eigenvalue weighted by molar-refractivity contribution is 6.04. The van der Waals surface area contributed by atoms with Crippen molar-refractivity contribution in [3.8, 4) is 5.75 Å². The molecule has 0 heterocycles. The number of rotatable bonds is 7. The minimum absolute atomic E-state index is 0.0943. The molecule has 0 saturated carbocycles. The van der Waals surface area contributed by atoms with Crippen LogP contribution in [0.2, 0.25) is 0 Å². The first-order valence-corrected chi connectivity index (χ1v) is 9.83. The summed E-state index contributed by atoms with van der Waals surface area (Å²) in [6.07, 6.45) is -0.722. The Morgan fingerprint density at radius 3 is 2.19 bits per heavy atom. The number of halogens is 1. The zero-order chi connectivity index (χ0) is 22.9. The number of hydrogen-bond donors (Lipinski definition) is 2. The van der Waals surface area contributed by atoms with Gasteiger partial charge in [-0.3, -0.25) is 9.59 Å². The van der Waals surface area contributed by atoms with Gasteiger partial charge in [0.2, 0.25) is 5.91 Å². The lowest BCUT2D eigenvalue weighted by Gasteiger charge is -2.10. The van der Waals surface area contributed by atoms with Gasteiger partial charge in [-0.25, -0.2) is 9.18 Å². The minimum Gasteiger partial charge on any atom is -0.434 e. The molecule has 32 heavy (non-hydrogen) atoms.